The van der Waals surface area contributed by atoms with Gasteiger partial charge in [0, 0.05) is 16.9 Å². The minimum Gasteiger partial charge on any atom is -0.465 e. The molecule has 0 spiro atoms. The van der Waals surface area contributed by atoms with Crippen LogP contribution in [0.15, 0.2) is 48.5 Å². The van der Waals surface area contributed by atoms with E-state index in [2.05, 4.69) is 14.8 Å². The van der Waals surface area contributed by atoms with E-state index in [9.17, 15) is 18.0 Å². The molecule has 0 aliphatic heterocycles. The Morgan fingerprint density at radius 3 is 2.17 bits per heavy atom. The van der Waals surface area contributed by atoms with Crippen molar-refractivity contribution in [3.8, 4) is 0 Å². The molecule has 8 heteroatoms. The van der Waals surface area contributed by atoms with Crippen molar-refractivity contribution in [1.82, 2.24) is 0 Å². The van der Waals surface area contributed by atoms with Gasteiger partial charge in [-0.15, -0.1) is 0 Å². The summed E-state index contributed by atoms with van der Waals surface area (Å²) in [5.41, 5.74) is 1.28. The van der Waals surface area contributed by atoms with Crippen LogP contribution in [0.1, 0.15) is 20.7 Å². The standard InChI is InChI=1S/C16H16N2O5S/c1-23-16(20)12-6-4-7-13(10-12)17-15(19)11-5-3-8-14(9-11)18-24(2,21)22/h3-10,18H,1-2H3,(H,17,19). The first kappa shape index (κ1) is 17.5. The van der Waals surface area contributed by atoms with E-state index in [1.807, 2.05) is 0 Å². The molecule has 0 aliphatic rings. The fourth-order valence-electron chi connectivity index (χ4n) is 1.98. The van der Waals surface area contributed by atoms with Crippen molar-refractivity contribution in [2.75, 3.05) is 23.4 Å². The average Bonchev–Trinajstić information content (AvgIpc) is 2.53. The molecule has 0 atom stereocenters. The van der Waals surface area contributed by atoms with Crippen LogP contribution in [0.4, 0.5) is 11.4 Å². The molecule has 7 nitrogen and oxygen atoms in total. The molecule has 0 saturated heterocycles. The molecule has 0 saturated carbocycles. The summed E-state index contributed by atoms with van der Waals surface area (Å²) in [5, 5.41) is 2.64. The Balaban J connectivity index is 2.18. The normalized spacial score (nSPS) is 10.8. The highest BCUT2D eigenvalue weighted by atomic mass is 32.2. The minimum absolute atomic E-state index is 0.270. The molecule has 0 bridgehead atoms. The van der Waals surface area contributed by atoms with Gasteiger partial charge in [0.15, 0.2) is 0 Å². The number of rotatable bonds is 5. The van der Waals surface area contributed by atoms with E-state index in [0.29, 0.717) is 11.3 Å². The Labute approximate surface area is 139 Å². The van der Waals surface area contributed by atoms with Crippen molar-refractivity contribution >= 4 is 33.3 Å². The molecule has 24 heavy (non-hydrogen) atoms. The quantitative estimate of drug-likeness (QED) is 0.806. The fraction of sp³-hybridized carbons (Fsp3) is 0.125. The third-order valence-corrected chi connectivity index (χ3v) is 3.58. The molecule has 0 heterocycles. The van der Waals surface area contributed by atoms with Gasteiger partial charge >= 0.3 is 5.97 Å². The Hall–Kier alpha value is -2.87. The molecule has 0 unspecified atom stereocenters. The maximum atomic E-state index is 12.3. The third-order valence-electron chi connectivity index (χ3n) is 2.97. The highest BCUT2D eigenvalue weighted by molar-refractivity contribution is 7.92. The van der Waals surface area contributed by atoms with Crippen molar-refractivity contribution in [2.45, 2.75) is 0 Å². The number of nitrogens with one attached hydrogen (secondary N) is 2. The van der Waals surface area contributed by atoms with Crippen molar-refractivity contribution < 1.29 is 22.7 Å². The number of carbonyl (C=O) groups excluding carboxylic acids is 2. The number of hydrogen-bond acceptors (Lipinski definition) is 5. The first-order chi connectivity index (χ1) is 11.3. The number of anilines is 2. The maximum absolute atomic E-state index is 12.3. The first-order valence-corrected chi connectivity index (χ1v) is 8.75. The van der Waals surface area contributed by atoms with Gasteiger partial charge in [0.1, 0.15) is 0 Å². The van der Waals surface area contributed by atoms with Crippen LogP contribution in [0.2, 0.25) is 0 Å². The Morgan fingerprint density at radius 1 is 0.958 bits per heavy atom. The van der Waals surface area contributed by atoms with Gasteiger partial charge in [-0.2, -0.15) is 0 Å². The van der Waals surface area contributed by atoms with Crippen LogP contribution in [0.25, 0.3) is 0 Å². The van der Waals surface area contributed by atoms with Crippen LogP contribution < -0.4 is 10.0 Å². The zero-order valence-electron chi connectivity index (χ0n) is 13.1. The number of hydrogen-bond donors (Lipinski definition) is 2. The zero-order valence-corrected chi connectivity index (χ0v) is 13.9. The highest BCUT2D eigenvalue weighted by Crippen LogP contribution is 2.16. The van der Waals surface area contributed by atoms with E-state index in [4.69, 9.17) is 0 Å². The topological polar surface area (TPSA) is 102 Å². The second kappa shape index (κ2) is 7.14. The summed E-state index contributed by atoms with van der Waals surface area (Å²) >= 11 is 0. The molecule has 0 aromatic heterocycles. The second-order valence-corrected chi connectivity index (χ2v) is 6.73. The van der Waals surface area contributed by atoms with Crippen molar-refractivity contribution in [3.63, 3.8) is 0 Å². The molecule has 2 N–H and O–H groups in total. The molecule has 2 aromatic carbocycles. The van der Waals surface area contributed by atoms with Gasteiger partial charge in [-0.25, -0.2) is 13.2 Å². The molecule has 1 amide bonds. The number of ether oxygens (including phenoxy) is 1. The van der Waals surface area contributed by atoms with Crippen LogP contribution in [0, 0.1) is 0 Å². The smallest absolute Gasteiger partial charge is 0.337 e. The minimum atomic E-state index is -3.43. The number of benzene rings is 2. The number of carbonyl (C=O) groups is 2. The van der Waals surface area contributed by atoms with Crippen LogP contribution in [-0.4, -0.2) is 33.7 Å². The molecule has 2 rings (SSSR count). The lowest BCUT2D eigenvalue weighted by Crippen LogP contribution is -2.14. The predicted molar refractivity (Wildman–Crippen MR) is 90.6 cm³/mol. The van der Waals surface area contributed by atoms with Gasteiger partial charge in [0.2, 0.25) is 10.0 Å². The number of esters is 1. The number of amides is 1. The summed E-state index contributed by atoms with van der Waals surface area (Å²) in [6.45, 7) is 0. The largest absolute Gasteiger partial charge is 0.465 e. The predicted octanol–water partition coefficient (Wildman–Crippen LogP) is 2.10. The fourth-order valence-corrected chi connectivity index (χ4v) is 2.54. The summed E-state index contributed by atoms with van der Waals surface area (Å²) in [6.07, 6.45) is 1.03. The Kier molecular flexibility index (Phi) is 5.20. The van der Waals surface area contributed by atoms with Crippen molar-refractivity contribution in [2.24, 2.45) is 0 Å². The highest BCUT2D eigenvalue weighted by Gasteiger charge is 2.11. The van der Waals surface area contributed by atoms with Gasteiger partial charge in [-0.3, -0.25) is 9.52 Å². The zero-order chi connectivity index (χ0) is 17.7. The van der Waals surface area contributed by atoms with Crippen molar-refractivity contribution in [1.29, 1.82) is 0 Å². The van der Waals surface area contributed by atoms with E-state index in [-0.39, 0.29) is 11.3 Å². The molecule has 126 valence electrons. The van der Waals surface area contributed by atoms with Gasteiger partial charge in [0.05, 0.1) is 18.9 Å². The molecule has 0 radical (unpaired) electrons. The average molecular weight is 348 g/mol. The molecule has 0 fully saturated rings. The summed E-state index contributed by atoms with van der Waals surface area (Å²) in [4.78, 5) is 23.8. The lowest BCUT2D eigenvalue weighted by Gasteiger charge is -2.09. The van der Waals surface area contributed by atoms with Gasteiger partial charge in [-0.1, -0.05) is 12.1 Å². The van der Waals surface area contributed by atoms with Crippen LogP contribution in [-0.2, 0) is 14.8 Å². The van der Waals surface area contributed by atoms with E-state index in [1.54, 1.807) is 30.3 Å². The maximum Gasteiger partial charge on any atom is 0.337 e. The van der Waals surface area contributed by atoms with Gasteiger partial charge in [-0.05, 0) is 36.4 Å². The lowest BCUT2D eigenvalue weighted by atomic mass is 10.1. The van der Waals surface area contributed by atoms with E-state index in [0.717, 1.165) is 6.26 Å². The molecular weight excluding hydrogens is 332 g/mol. The molecule has 0 aliphatic carbocycles. The van der Waals surface area contributed by atoms with Crippen LogP contribution in [0.3, 0.4) is 0 Å². The monoisotopic (exact) mass is 348 g/mol. The van der Waals surface area contributed by atoms with Gasteiger partial charge < -0.3 is 10.1 Å². The molecule has 2 aromatic rings. The van der Waals surface area contributed by atoms with E-state index >= 15 is 0 Å². The van der Waals surface area contributed by atoms with Gasteiger partial charge in [0.25, 0.3) is 5.91 Å². The van der Waals surface area contributed by atoms with Crippen LogP contribution in [0.5, 0.6) is 0 Å². The molecular formula is C16H16N2O5S. The summed E-state index contributed by atoms with van der Waals surface area (Å²) in [7, 11) is -2.16. The Bertz CT molecular complexity index is 878. The van der Waals surface area contributed by atoms with Crippen molar-refractivity contribution in [3.05, 3.63) is 59.7 Å². The van der Waals surface area contributed by atoms with Crippen LogP contribution >= 0.6 is 0 Å². The first-order valence-electron chi connectivity index (χ1n) is 6.86. The van der Waals surface area contributed by atoms with E-state index in [1.165, 1.54) is 25.3 Å². The number of methoxy groups -OCH3 is 1. The summed E-state index contributed by atoms with van der Waals surface area (Å²) < 4.78 is 29.4. The number of sulfonamides is 1. The Morgan fingerprint density at radius 2 is 1.54 bits per heavy atom. The SMILES string of the molecule is COC(=O)c1cccc(NC(=O)c2cccc(NS(C)(=O)=O)c2)c1. The second-order valence-electron chi connectivity index (χ2n) is 4.98. The third kappa shape index (κ3) is 4.82. The summed E-state index contributed by atoms with van der Waals surface area (Å²) in [5.74, 6) is -0.945. The van der Waals surface area contributed by atoms with E-state index < -0.39 is 21.9 Å². The summed E-state index contributed by atoms with van der Waals surface area (Å²) in [6, 6.07) is 12.4. The lowest BCUT2D eigenvalue weighted by molar-refractivity contribution is 0.0600.